The van der Waals surface area contributed by atoms with E-state index in [0.29, 0.717) is 23.1 Å². The number of thiazole rings is 1. The lowest BCUT2D eigenvalue weighted by atomic mass is 10.1. The second kappa shape index (κ2) is 16.3. The van der Waals surface area contributed by atoms with Gasteiger partial charge in [-0.25, -0.2) is 13.8 Å². The average molecular weight is 704 g/mol. The number of carbonyl (C=O) groups excluding carboxylic acids is 1. The third kappa shape index (κ3) is 10.7. The van der Waals surface area contributed by atoms with Crippen LogP contribution in [0.5, 0.6) is 0 Å². The van der Waals surface area contributed by atoms with E-state index in [1.54, 1.807) is 7.05 Å². The van der Waals surface area contributed by atoms with E-state index in [-0.39, 0.29) is 20.3 Å². The number of aryl methyl sites for hydroxylation is 1. The number of hydrogen-bond acceptors (Lipinski definition) is 9. The number of rotatable bonds is 18. The Morgan fingerprint density at radius 1 is 0.778 bits per heavy atom. The molecule has 0 spiro atoms. The molecule has 3 rings (SSSR count). The summed E-state index contributed by atoms with van der Waals surface area (Å²) in [4.78, 5) is 12.0. The number of nitrogens with one attached hydrogen (secondary N) is 1. The van der Waals surface area contributed by atoms with Crippen LogP contribution in [0.2, 0.25) is 0 Å². The number of nitrogens with zero attached hydrogens (tertiary/aromatic N) is 2. The fourth-order valence-corrected chi connectivity index (χ4v) is 8.43. The molecule has 0 aliphatic heterocycles. The molecular weight excluding hydrogens is 663 g/mol. The maximum Gasteiger partial charge on any atom is 0.294 e. The first-order chi connectivity index (χ1) is 21.1. The lowest BCUT2D eigenvalue weighted by Gasteiger charge is -2.11. The van der Waals surface area contributed by atoms with Gasteiger partial charge in [0.25, 0.3) is 26.1 Å². The molecule has 1 aromatic heterocycles. The van der Waals surface area contributed by atoms with Gasteiger partial charge in [0, 0.05) is 7.05 Å². The maximum atomic E-state index is 13.3. The predicted octanol–water partition coefficient (Wildman–Crippen LogP) is 5.45. The fraction of sp³-hybridized carbons (Fsp3) is 0.517. The van der Waals surface area contributed by atoms with Crippen LogP contribution in [-0.2, 0) is 37.1 Å². The van der Waals surface area contributed by atoms with Crippen LogP contribution in [0.3, 0.4) is 0 Å². The Kier molecular flexibility index (Phi) is 13.3. The van der Waals surface area contributed by atoms with E-state index in [2.05, 4.69) is 17.5 Å². The van der Waals surface area contributed by atoms with Gasteiger partial charge in [-0.15, -0.1) is 5.10 Å². The van der Waals surface area contributed by atoms with Crippen LogP contribution in [0.15, 0.2) is 56.2 Å². The Morgan fingerprint density at radius 2 is 1.29 bits per heavy atom. The minimum atomic E-state index is -4.75. The third-order valence-corrected chi connectivity index (χ3v) is 12.1. The summed E-state index contributed by atoms with van der Waals surface area (Å²) in [7, 11) is -11.7. The van der Waals surface area contributed by atoms with Crippen LogP contribution in [0.4, 0.5) is 0 Å². The average Bonchev–Trinajstić information content (AvgIpc) is 3.29. The van der Waals surface area contributed by atoms with E-state index in [1.807, 2.05) is 0 Å². The minimum Gasteiger partial charge on any atom is -0.318 e. The molecule has 3 N–H and O–H groups in total. The highest BCUT2D eigenvalue weighted by Crippen LogP contribution is 2.24. The van der Waals surface area contributed by atoms with Crippen LogP contribution in [-0.4, -0.2) is 50.6 Å². The van der Waals surface area contributed by atoms with Gasteiger partial charge in [-0.2, -0.15) is 16.8 Å². The number of amides is 1. The zero-order valence-electron chi connectivity index (χ0n) is 25.4. The molecule has 250 valence electrons. The lowest BCUT2D eigenvalue weighted by molar-refractivity contribution is 0.0949. The molecule has 16 heteroatoms. The quantitative estimate of drug-likeness (QED) is 0.0878. The standard InChI is InChI=1S/C29H41N3O9S4/c1-3-4-5-6-7-8-9-10-11-12-13-14-19-43(34,35)27-18-16-22(44(36,37)38)20-24(27)28(33)30-31-29-32(2)25-21-23(45(39,40)41)15-17-26(25)42-29/h15-18,20-21H,3-14,19H2,1-2H3,(H,30,33)(H,36,37,38)(H,39,40,41). The summed E-state index contributed by atoms with van der Waals surface area (Å²) in [6.45, 7) is 2.20. The molecular formula is C29H41N3O9S4. The molecule has 0 saturated carbocycles. The largest absolute Gasteiger partial charge is 0.318 e. The molecule has 12 nitrogen and oxygen atoms in total. The first-order valence-corrected chi connectivity index (χ1v) is 20.3. The van der Waals surface area contributed by atoms with Crippen LogP contribution >= 0.6 is 11.3 Å². The summed E-state index contributed by atoms with van der Waals surface area (Å²) < 4.78 is 94.0. The Balaban J connectivity index is 1.71. The number of carbonyl (C=O) groups is 1. The van der Waals surface area contributed by atoms with Gasteiger partial charge in [0.1, 0.15) is 0 Å². The minimum absolute atomic E-state index is 0.192. The molecule has 1 amide bonds. The topological polar surface area (TPSA) is 189 Å². The van der Waals surface area contributed by atoms with Crippen LogP contribution < -0.4 is 10.2 Å². The van der Waals surface area contributed by atoms with Crippen molar-refractivity contribution in [3.8, 4) is 0 Å². The summed E-state index contributed by atoms with van der Waals surface area (Å²) in [6, 6.07) is 6.61. The van der Waals surface area contributed by atoms with Gasteiger partial charge in [-0.05, 0) is 42.8 Å². The second-order valence-electron chi connectivity index (χ2n) is 10.9. The van der Waals surface area contributed by atoms with Gasteiger partial charge < -0.3 is 4.57 Å². The summed E-state index contributed by atoms with van der Waals surface area (Å²) in [6.07, 6.45) is 12.8. The third-order valence-electron chi connectivity index (χ3n) is 7.43. The monoisotopic (exact) mass is 703 g/mol. The molecule has 45 heavy (non-hydrogen) atoms. The highest BCUT2D eigenvalue weighted by atomic mass is 32.2. The summed E-state index contributed by atoms with van der Waals surface area (Å²) >= 11 is 1.07. The molecule has 0 aliphatic rings. The van der Waals surface area contributed by atoms with E-state index in [4.69, 9.17) is 0 Å². The highest BCUT2D eigenvalue weighted by molar-refractivity contribution is 7.91. The van der Waals surface area contributed by atoms with Gasteiger partial charge in [0.15, 0.2) is 9.84 Å². The van der Waals surface area contributed by atoms with E-state index in [0.717, 1.165) is 48.8 Å². The SMILES string of the molecule is CCCCCCCCCCCCCCS(=O)(=O)c1ccc(S(=O)(=O)O)cc1C(=O)NN=c1sc2ccc(S(=O)(=O)O)cc2n1C. The van der Waals surface area contributed by atoms with E-state index < -0.39 is 46.4 Å². The zero-order chi connectivity index (χ0) is 33.3. The molecule has 0 aliphatic carbocycles. The van der Waals surface area contributed by atoms with Crippen molar-refractivity contribution in [3.05, 3.63) is 46.8 Å². The van der Waals surface area contributed by atoms with Crippen molar-refractivity contribution in [2.45, 2.75) is 98.7 Å². The molecule has 0 unspecified atom stereocenters. The number of unbranched alkanes of at least 4 members (excludes halogenated alkanes) is 11. The summed E-state index contributed by atoms with van der Waals surface area (Å²) in [5.74, 6) is -1.26. The van der Waals surface area contributed by atoms with Crippen molar-refractivity contribution in [1.29, 1.82) is 0 Å². The number of sulfone groups is 1. The van der Waals surface area contributed by atoms with Crippen molar-refractivity contribution in [1.82, 2.24) is 9.99 Å². The van der Waals surface area contributed by atoms with Crippen molar-refractivity contribution < 1.29 is 39.2 Å². The lowest BCUT2D eigenvalue weighted by Crippen LogP contribution is -2.25. The Bertz CT molecular complexity index is 1880. The molecule has 0 atom stereocenters. The van der Waals surface area contributed by atoms with Gasteiger partial charge in [0.2, 0.25) is 4.80 Å². The van der Waals surface area contributed by atoms with E-state index in [9.17, 15) is 39.2 Å². The van der Waals surface area contributed by atoms with Gasteiger partial charge in [0.05, 0.1) is 36.2 Å². The smallest absolute Gasteiger partial charge is 0.294 e. The first-order valence-electron chi connectivity index (χ1n) is 14.9. The van der Waals surface area contributed by atoms with Crippen LogP contribution in [0.1, 0.15) is 94.3 Å². The number of benzene rings is 2. The van der Waals surface area contributed by atoms with E-state index in [1.165, 1.54) is 67.7 Å². The molecule has 0 radical (unpaired) electrons. The molecule has 3 aromatic rings. The first kappa shape index (κ1) is 36.8. The summed E-state index contributed by atoms with van der Waals surface area (Å²) in [5, 5.41) is 4.02. The van der Waals surface area contributed by atoms with Crippen molar-refractivity contribution in [3.63, 3.8) is 0 Å². The van der Waals surface area contributed by atoms with Gasteiger partial charge in [-0.3, -0.25) is 13.9 Å². The van der Waals surface area contributed by atoms with Crippen LogP contribution in [0, 0.1) is 0 Å². The number of aromatic nitrogens is 1. The van der Waals surface area contributed by atoms with E-state index >= 15 is 0 Å². The fourth-order valence-electron chi connectivity index (χ4n) is 4.89. The normalized spacial score (nSPS) is 13.0. The van der Waals surface area contributed by atoms with Crippen molar-refractivity contribution >= 4 is 57.5 Å². The molecule has 2 aromatic carbocycles. The molecule has 0 bridgehead atoms. The Morgan fingerprint density at radius 3 is 1.84 bits per heavy atom. The second-order valence-corrected chi connectivity index (χ2v) is 16.9. The molecule has 0 saturated heterocycles. The molecule has 1 heterocycles. The Labute approximate surface area is 269 Å². The van der Waals surface area contributed by atoms with Gasteiger partial charge >= 0.3 is 0 Å². The Hall–Kier alpha value is -2.63. The van der Waals surface area contributed by atoms with Crippen LogP contribution in [0.25, 0.3) is 10.2 Å². The maximum absolute atomic E-state index is 13.3. The zero-order valence-corrected chi connectivity index (χ0v) is 28.7. The van der Waals surface area contributed by atoms with Gasteiger partial charge in [-0.1, -0.05) is 88.9 Å². The number of hydrogen-bond donors (Lipinski definition) is 3. The van der Waals surface area contributed by atoms with Crippen molar-refractivity contribution in [2.75, 3.05) is 5.75 Å². The highest BCUT2D eigenvalue weighted by Gasteiger charge is 2.25. The molecule has 0 fully saturated rings. The summed E-state index contributed by atoms with van der Waals surface area (Å²) in [5.41, 5.74) is 2.13. The van der Waals surface area contributed by atoms with Crippen molar-refractivity contribution in [2.24, 2.45) is 12.1 Å². The predicted molar refractivity (Wildman–Crippen MR) is 173 cm³/mol. The number of fused-ring (bicyclic) bond motifs is 1.